The Morgan fingerprint density at radius 2 is 1.76 bits per heavy atom. The van der Waals surface area contributed by atoms with Crippen LogP contribution < -0.4 is 5.32 Å². The molecule has 0 aliphatic heterocycles. The van der Waals surface area contributed by atoms with E-state index in [0.717, 1.165) is 24.2 Å². The maximum absolute atomic E-state index is 11.7. The molecule has 0 radical (unpaired) electrons. The third-order valence-electron chi connectivity index (χ3n) is 3.03. The average molecular weight is 309 g/mol. The number of carboxylic acid groups (broad SMARTS) is 1. The molecule has 116 valence electrons. The van der Waals surface area contributed by atoms with Crippen molar-refractivity contribution in [3.63, 3.8) is 0 Å². The number of thioether (sulfide) groups is 1. The van der Waals surface area contributed by atoms with Crippen LogP contribution in [-0.4, -0.2) is 29.3 Å². The van der Waals surface area contributed by atoms with Gasteiger partial charge in [0.1, 0.15) is 0 Å². The van der Waals surface area contributed by atoms with E-state index in [0.29, 0.717) is 18.7 Å². The summed E-state index contributed by atoms with van der Waals surface area (Å²) in [7, 11) is 0. The molecule has 0 unspecified atom stereocenters. The van der Waals surface area contributed by atoms with Crippen molar-refractivity contribution in [3.8, 4) is 0 Å². The highest BCUT2D eigenvalue weighted by Crippen LogP contribution is 2.17. The van der Waals surface area contributed by atoms with Gasteiger partial charge in [-0.1, -0.05) is 30.5 Å². The molecule has 0 atom stereocenters. The van der Waals surface area contributed by atoms with Crippen LogP contribution in [0.15, 0.2) is 29.2 Å². The maximum Gasteiger partial charge on any atom is 0.303 e. The lowest BCUT2D eigenvalue weighted by Crippen LogP contribution is -2.26. The van der Waals surface area contributed by atoms with Gasteiger partial charge in [0, 0.05) is 17.9 Å². The van der Waals surface area contributed by atoms with Gasteiger partial charge < -0.3 is 10.4 Å². The number of hydrogen-bond donors (Lipinski definition) is 2. The lowest BCUT2D eigenvalue weighted by molar-refractivity contribution is -0.137. The van der Waals surface area contributed by atoms with E-state index in [1.165, 1.54) is 17.3 Å². The van der Waals surface area contributed by atoms with Crippen LogP contribution >= 0.6 is 11.8 Å². The Balaban J connectivity index is 2.01. The minimum absolute atomic E-state index is 0.0473. The summed E-state index contributed by atoms with van der Waals surface area (Å²) >= 11 is 1.54. The third-order valence-corrected chi connectivity index (χ3v) is 4.04. The Labute approximate surface area is 130 Å². The Bertz CT molecular complexity index is 445. The number of unbranched alkanes of at least 4 members (excludes halogenated alkanes) is 3. The molecule has 1 amide bonds. The maximum atomic E-state index is 11.7. The lowest BCUT2D eigenvalue weighted by atomic mass is 10.1. The Morgan fingerprint density at radius 3 is 2.43 bits per heavy atom. The van der Waals surface area contributed by atoms with Crippen molar-refractivity contribution >= 4 is 23.6 Å². The van der Waals surface area contributed by atoms with Crippen LogP contribution in [0.1, 0.15) is 37.7 Å². The summed E-state index contributed by atoms with van der Waals surface area (Å²) in [6.45, 7) is 2.71. The Kier molecular flexibility index (Phi) is 8.59. The molecule has 0 saturated heterocycles. The van der Waals surface area contributed by atoms with Crippen LogP contribution in [0.4, 0.5) is 0 Å². The van der Waals surface area contributed by atoms with Gasteiger partial charge in [0.25, 0.3) is 0 Å². The van der Waals surface area contributed by atoms with Crippen LogP contribution in [0.3, 0.4) is 0 Å². The largest absolute Gasteiger partial charge is 0.481 e. The zero-order valence-corrected chi connectivity index (χ0v) is 13.2. The van der Waals surface area contributed by atoms with Crippen molar-refractivity contribution in [1.29, 1.82) is 0 Å². The highest BCUT2D eigenvalue weighted by atomic mass is 32.2. The number of rotatable bonds is 10. The number of carbonyl (C=O) groups excluding carboxylic acids is 1. The fraction of sp³-hybridized carbons (Fsp3) is 0.500. The number of carbonyl (C=O) groups is 2. The standard InChI is InChI=1S/C16H23NO3S/c1-13-7-9-14(10-8-13)21-12-15(18)17-11-5-3-2-4-6-16(19)20/h7-10H,2-6,11-12H2,1H3,(H,17,18)(H,19,20). The zero-order valence-electron chi connectivity index (χ0n) is 12.4. The van der Waals surface area contributed by atoms with E-state index in [-0.39, 0.29) is 12.3 Å². The van der Waals surface area contributed by atoms with Crippen molar-refractivity contribution in [2.75, 3.05) is 12.3 Å². The van der Waals surface area contributed by atoms with Gasteiger partial charge in [-0.15, -0.1) is 11.8 Å². The molecule has 0 saturated carbocycles. The first-order chi connectivity index (χ1) is 10.1. The second-order valence-corrected chi connectivity index (χ2v) is 6.06. The molecule has 0 spiro atoms. The molecule has 4 nitrogen and oxygen atoms in total. The van der Waals surface area contributed by atoms with Gasteiger partial charge in [0.15, 0.2) is 0 Å². The van der Waals surface area contributed by atoms with E-state index in [1.807, 2.05) is 31.2 Å². The van der Waals surface area contributed by atoms with Gasteiger partial charge >= 0.3 is 5.97 Å². The quantitative estimate of drug-likeness (QED) is 0.514. The SMILES string of the molecule is Cc1ccc(SCC(=O)NCCCCCCC(=O)O)cc1. The molecule has 1 aromatic carbocycles. The number of nitrogens with one attached hydrogen (secondary N) is 1. The smallest absolute Gasteiger partial charge is 0.303 e. The number of carboxylic acids is 1. The summed E-state index contributed by atoms with van der Waals surface area (Å²) in [5.74, 6) is -0.259. The molecular weight excluding hydrogens is 286 g/mol. The van der Waals surface area contributed by atoms with Gasteiger partial charge in [-0.3, -0.25) is 9.59 Å². The van der Waals surface area contributed by atoms with Gasteiger partial charge in [0.2, 0.25) is 5.91 Å². The van der Waals surface area contributed by atoms with Crippen molar-refractivity contribution in [2.45, 2.75) is 43.9 Å². The Hall–Kier alpha value is -1.49. The van der Waals surface area contributed by atoms with Crippen molar-refractivity contribution in [3.05, 3.63) is 29.8 Å². The second-order valence-electron chi connectivity index (χ2n) is 5.01. The molecular formula is C16H23NO3S. The summed E-state index contributed by atoms with van der Waals surface area (Å²) in [6, 6.07) is 8.13. The first-order valence-corrected chi connectivity index (χ1v) is 8.24. The first-order valence-electron chi connectivity index (χ1n) is 7.26. The number of aliphatic carboxylic acids is 1. The van der Waals surface area contributed by atoms with Crippen molar-refractivity contribution in [2.24, 2.45) is 0 Å². The minimum Gasteiger partial charge on any atom is -0.481 e. The summed E-state index contributed by atoms with van der Waals surface area (Å²) in [6.07, 6.45) is 3.71. The zero-order chi connectivity index (χ0) is 15.5. The average Bonchev–Trinajstić information content (AvgIpc) is 2.45. The lowest BCUT2D eigenvalue weighted by Gasteiger charge is -2.05. The highest BCUT2D eigenvalue weighted by molar-refractivity contribution is 8.00. The summed E-state index contributed by atoms with van der Waals surface area (Å²) in [5, 5.41) is 11.4. The molecule has 1 aromatic rings. The van der Waals surface area contributed by atoms with E-state index >= 15 is 0 Å². The number of aryl methyl sites for hydroxylation is 1. The summed E-state index contributed by atoms with van der Waals surface area (Å²) in [5.41, 5.74) is 1.21. The van der Waals surface area contributed by atoms with Crippen molar-refractivity contribution in [1.82, 2.24) is 5.32 Å². The van der Waals surface area contributed by atoms with Crippen molar-refractivity contribution < 1.29 is 14.7 Å². The fourth-order valence-corrected chi connectivity index (χ4v) is 2.55. The van der Waals surface area contributed by atoms with Crippen LogP contribution in [0.5, 0.6) is 0 Å². The number of benzene rings is 1. The van der Waals surface area contributed by atoms with Crippen LogP contribution in [0.25, 0.3) is 0 Å². The molecule has 1 rings (SSSR count). The van der Waals surface area contributed by atoms with E-state index in [4.69, 9.17) is 5.11 Å². The van der Waals surface area contributed by atoms with Crippen LogP contribution in [0.2, 0.25) is 0 Å². The predicted molar refractivity (Wildman–Crippen MR) is 85.6 cm³/mol. The number of amides is 1. The topological polar surface area (TPSA) is 66.4 Å². The number of hydrogen-bond acceptors (Lipinski definition) is 3. The molecule has 0 fully saturated rings. The molecule has 21 heavy (non-hydrogen) atoms. The van der Waals surface area contributed by atoms with E-state index in [9.17, 15) is 9.59 Å². The van der Waals surface area contributed by atoms with E-state index in [2.05, 4.69) is 5.32 Å². The highest BCUT2D eigenvalue weighted by Gasteiger charge is 2.02. The fourth-order valence-electron chi connectivity index (χ4n) is 1.82. The molecule has 2 N–H and O–H groups in total. The normalized spacial score (nSPS) is 10.3. The third kappa shape index (κ3) is 9.13. The van der Waals surface area contributed by atoms with E-state index < -0.39 is 5.97 Å². The first kappa shape index (κ1) is 17.6. The van der Waals surface area contributed by atoms with Gasteiger partial charge in [0.05, 0.1) is 5.75 Å². The van der Waals surface area contributed by atoms with Gasteiger partial charge in [-0.05, 0) is 31.9 Å². The molecule has 0 aliphatic rings. The molecule has 0 aromatic heterocycles. The van der Waals surface area contributed by atoms with Gasteiger partial charge in [-0.2, -0.15) is 0 Å². The molecule has 0 bridgehead atoms. The van der Waals surface area contributed by atoms with Gasteiger partial charge in [-0.25, -0.2) is 0 Å². The second kappa shape index (κ2) is 10.3. The Morgan fingerprint density at radius 1 is 1.10 bits per heavy atom. The molecule has 0 aliphatic carbocycles. The summed E-state index contributed by atoms with van der Waals surface area (Å²) in [4.78, 5) is 23.1. The minimum atomic E-state index is -0.739. The molecule has 5 heteroatoms. The summed E-state index contributed by atoms with van der Waals surface area (Å²) < 4.78 is 0. The molecule has 0 heterocycles. The predicted octanol–water partition coefficient (Wildman–Crippen LogP) is 3.24. The van der Waals surface area contributed by atoms with Crippen LogP contribution in [-0.2, 0) is 9.59 Å². The monoisotopic (exact) mass is 309 g/mol. The van der Waals surface area contributed by atoms with Crippen LogP contribution in [0, 0.1) is 6.92 Å². The van der Waals surface area contributed by atoms with E-state index in [1.54, 1.807) is 0 Å².